The molecule has 1 heterocycles. The van der Waals surface area contributed by atoms with Crippen LogP contribution >= 0.6 is 0 Å². The molecule has 0 aliphatic carbocycles. The standard InChI is InChI=1S/C18H21NO4S/c1-3-13-5-6-14(4-2)18(11-13)24(20,21)19-15-7-8-16-17(12-15)23-10-9-22-16/h5-8,11-12,19H,3-4,9-10H2,1-2H3. The van der Waals surface area contributed by atoms with Gasteiger partial charge in [0.05, 0.1) is 10.6 Å². The van der Waals surface area contributed by atoms with Crippen LogP contribution in [0.2, 0.25) is 0 Å². The summed E-state index contributed by atoms with van der Waals surface area (Å²) in [6.45, 7) is 4.92. The van der Waals surface area contributed by atoms with Crippen molar-refractivity contribution in [2.75, 3.05) is 17.9 Å². The first-order chi connectivity index (χ1) is 11.5. The second-order valence-electron chi connectivity index (χ2n) is 5.61. The van der Waals surface area contributed by atoms with Crippen LogP contribution in [-0.4, -0.2) is 21.6 Å². The molecule has 0 bridgehead atoms. The Hall–Kier alpha value is -2.21. The molecule has 1 N–H and O–H groups in total. The quantitative estimate of drug-likeness (QED) is 0.900. The van der Waals surface area contributed by atoms with Gasteiger partial charge < -0.3 is 9.47 Å². The predicted molar refractivity (Wildman–Crippen MR) is 93.4 cm³/mol. The molecule has 128 valence electrons. The van der Waals surface area contributed by atoms with E-state index in [1.165, 1.54) is 0 Å². The van der Waals surface area contributed by atoms with Crippen LogP contribution in [0.3, 0.4) is 0 Å². The lowest BCUT2D eigenvalue weighted by atomic mass is 10.1. The number of sulfonamides is 1. The van der Waals surface area contributed by atoms with Crippen LogP contribution in [-0.2, 0) is 22.9 Å². The predicted octanol–water partition coefficient (Wildman–Crippen LogP) is 3.38. The molecule has 1 aliphatic heterocycles. The minimum absolute atomic E-state index is 0.333. The van der Waals surface area contributed by atoms with Gasteiger partial charge >= 0.3 is 0 Å². The molecule has 2 aromatic rings. The number of aryl methyl sites for hydroxylation is 2. The lowest BCUT2D eigenvalue weighted by Gasteiger charge is -2.19. The third kappa shape index (κ3) is 3.33. The van der Waals surface area contributed by atoms with E-state index in [0.29, 0.717) is 41.7 Å². The summed E-state index contributed by atoms with van der Waals surface area (Å²) in [5.74, 6) is 1.19. The van der Waals surface area contributed by atoms with Crippen LogP contribution in [0.4, 0.5) is 5.69 Å². The van der Waals surface area contributed by atoms with Crippen LogP contribution in [0.25, 0.3) is 0 Å². The van der Waals surface area contributed by atoms with Crippen LogP contribution in [0.5, 0.6) is 11.5 Å². The molecule has 0 atom stereocenters. The molecular formula is C18H21NO4S. The summed E-state index contributed by atoms with van der Waals surface area (Å²) in [5.41, 5.74) is 2.26. The van der Waals surface area contributed by atoms with Crippen molar-refractivity contribution in [3.63, 3.8) is 0 Å². The molecule has 0 amide bonds. The monoisotopic (exact) mass is 347 g/mol. The lowest BCUT2D eigenvalue weighted by Crippen LogP contribution is -2.17. The summed E-state index contributed by atoms with van der Waals surface area (Å²) in [6.07, 6.45) is 1.44. The number of anilines is 1. The molecule has 5 nitrogen and oxygen atoms in total. The zero-order valence-corrected chi connectivity index (χ0v) is 14.7. The highest BCUT2D eigenvalue weighted by atomic mass is 32.2. The normalized spacial score (nSPS) is 13.6. The molecule has 24 heavy (non-hydrogen) atoms. The SMILES string of the molecule is CCc1ccc(CC)c(S(=O)(=O)Nc2ccc3c(c2)OCCO3)c1. The van der Waals surface area contributed by atoms with E-state index >= 15 is 0 Å². The number of fused-ring (bicyclic) bond motifs is 1. The first-order valence-corrected chi connectivity index (χ1v) is 9.56. The molecule has 0 aromatic heterocycles. The molecule has 2 aromatic carbocycles. The van der Waals surface area contributed by atoms with E-state index in [-0.39, 0.29) is 0 Å². The highest BCUT2D eigenvalue weighted by Crippen LogP contribution is 2.33. The fraction of sp³-hybridized carbons (Fsp3) is 0.333. The number of nitrogens with one attached hydrogen (secondary N) is 1. The highest BCUT2D eigenvalue weighted by Gasteiger charge is 2.20. The Morgan fingerprint density at radius 3 is 2.42 bits per heavy atom. The highest BCUT2D eigenvalue weighted by molar-refractivity contribution is 7.92. The van der Waals surface area contributed by atoms with Gasteiger partial charge in [-0.25, -0.2) is 8.42 Å². The maximum absolute atomic E-state index is 12.8. The molecule has 1 aliphatic rings. The molecule has 6 heteroatoms. The number of hydrogen-bond donors (Lipinski definition) is 1. The average Bonchev–Trinajstić information content (AvgIpc) is 2.60. The molecular weight excluding hydrogens is 326 g/mol. The number of benzene rings is 2. The molecule has 0 saturated carbocycles. The van der Waals surface area contributed by atoms with Gasteiger partial charge in [0.2, 0.25) is 0 Å². The first kappa shape index (κ1) is 16.6. The Bertz CT molecular complexity index is 846. The van der Waals surface area contributed by atoms with Crippen molar-refractivity contribution in [3.05, 3.63) is 47.5 Å². The van der Waals surface area contributed by atoms with Crippen molar-refractivity contribution in [2.45, 2.75) is 31.6 Å². The zero-order valence-electron chi connectivity index (χ0n) is 13.8. The van der Waals surface area contributed by atoms with Gasteiger partial charge in [0.25, 0.3) is 10.0 Å². The third-order valence-corrected chi connectivity index (χ3v) is 5.47. The van der Waals surface area contributed by atoms with Gasteiger partial charge in [0.15, 0.2) is 11.5 Å². The van der Waals surface area contributed by atoms with Crippen LogP contribution in [0.1, 0.15) is 25.0 Å². The maximum Gasteiger partial charge on any atom is 0.262 e. The summed E-state index contributed by atoms with van der Waals surface area (Å²) >= 11 is 0. The van der Waals surface area contributed by atoms with E-state index < -0.39 is 10.0 Å². The third-order valence-electron chi connectivity index (χ3n) is 4.00. The molecule has 0 fully saturated rings. The first-order valence-electron chi connectivity index (χ1n) is 8.07. The molecule has 0 spiro atoms. The second kappa shape index (κ2) is 6.73. The summed E-state index contributed by atoms with van der Waals surface area (Å²) in [7, 11) is -3.66. The van der Waals surface area contributed by atoms with E-state index in [1.807, 2.05) is 26.0 Å². The van der Waals surface area contributed by atoms with Crippen molar-refractivity contribution in [1.82, 2.24) is 0 Å². The Morgan fingerprint density at radius 2 is 1.71 bits per heavy atom. The van der Waals surface area contributed by atoms with E-state index in [4.69, 9.17) is 9.47 Å². The Balaban J connectivity index is 1.94. The lowest BCUT2D eigenvalue weighted by molar-refractivity contribution is 0.171. The van der Waals surface area contributed by atoms with Gasteiger partial charge in [-0.15, -0.1) is 0 Å². The van der Waals surface area contributed by atoms with Gasteiger partial charge in [-0.3, -0.25) is 4.72 Å². The van der Waals surface area contributed by atoms with E-state index in [2.05, 4.69) is 4.72 Å². The topological polar surface area (TPSA) is 64.6 Å². The fourth-order valence-electron chi connectivity index (χ4n) is 2.68. The van der Waals surface area contributed by atoms with Crippen LogP contribution in [0.15, 0.2) is 41.3 Å². The van der Waals surface area contributed by atoms with Crippen molar-refractivity contribution in [2.24, 2.45) is 0 Å². The minimum atomic E-state index is -3.66. The van der Waals surface area contributed by atoms with Crippen molar-refractivity contribution in [3.8, 4) is 11.5 Å². The van der Waals surface area contributed by atoms with Crippen molar-refractivity contribution >= 4 is 15.7 Å². The van der Waals surface area contributed by atoms with Crippen LogP contribution in [0, 0.1) is 0 Å². The minimum Gasteiger partial charge on any atom is -0.486 e. The molecule has 0 unspecified atom stereocenters. The Morgan fingerprint density at radius 1 is 0.958 bits per heavy atom. The zero-order chi connectivity index (χ0) is 17.2. The molecule has 0 saturated heterocycles. The Labute approximate surface area is 142 Å². The smallest absolute Gasteiger partial charge is 0.262 e. The van der Waals surface area contributed by atoms with Gasteiger partial charge in [0, 0.05) is 6.07 Å². The van der Waals surface area contributed by atoms with Crippen LogP contribution < -0.4 is 14.2 Å². The van der Waals surface area contributed by atoms with E-state index in [1.54, 1.807) is 24.3 Å². The summed E-state index contributed by atoms with van der Waals surface area (Å²) in [6, 6.07) is 10.7. The van der Waals surface area contributed by atoms with Gasteiger partial charge in [-0.1, -0.05) is 26.0 Å². The maximum atomic E-state index is 12.8. The largest absolute Gasteiger partial charge is 0.486 e. The van der Waals surface area contributed by atoms with Gasteiger partial charge in [0.1, 0.15) is 13.2 Å². The Kier molecular flexibility index (Phi) is 4.66. The van der Waals surface area contributed by atoms with Gasteiger partial charge in [-0.2, -0.15) is 0 Å². The van der Waals surface area contributed by atoms with Crippen molar-refractivity contribution in [1.29, 1.82) is 0 Å². The summed E-state index contributed by atoms with van der Waals surface area (Å²) in [5, 5.41) is 0. The van der Waals surface area contributed by atoms with Crippen molar-refractivity contribution < 1.29 is 17.9 Å². The van der Waals surface area contributed by atoms with Gasteiger partial charge in [-0.05, 0) is 42.2 Å². The van der Waals surface area contributed by atoms with E-state index in [9.17, 15) is 8.42 Å². The average molecular weight is 347 g/mol. The molecule has 3 rings (SSSR count). The fourth-order valence-corrected chi connectivity index (χ4v) is 4.09. The second-order valence-corrected chi connectivity index (χ2v) is 7.26. The summed E-state index contributed by atoms with van der Waals surface area (Å²) < 4.78 is 39.3. The van der Waals surface area contributed by atoms with E-state index in [0.717, 1.165) is 17.5 Å². The summed E-state index contributed by atoms with van der Waals surface area (Å²) in [4.78, 5) is 0.333. The number of rotatable bonds is 5. The number of hydrogen-bond acceptors (Lipinski definition) is 4. The molecule has 0 radical (unpaired) electrons. The number of ether oxygens (including phenoxy) is 2.